The van der Waals surface area contributed by atoms with Gasteiger partial charge in [-0.2, -0.15) is 0 Å². The van der Waals surface area contributed by atoms with Gasteiger partial charge >= 0.3 is 0 Å². The largest absolute Gasteiger partial charge is 0.351 e. The van der Waals surface area contributed by atoms with Gasteiger partial charge in [-0.1, -0.05) is 17.7 Å². The Labute approximate surface area is 144 Å². The van der Waals surface area contributed by atoms with Crippen molar-refractivity contribution in [3.63, 3.8) is 0 Å². The molecule has 3 aromatic rings. The molecule has 2 N–H and O–H groups in total. The number of halogens is 2. The average molecular weight is 346 g/mol. The quantitative estimate of drug-likeness (QED) is 0.752. The van der Waals surface area contributed by atoms with Gasteiger partial charge in [-0.05, 0) is 49.2 Å². The molecule has 124 valence electrons. The van der Waals surface area contributed by atoms with Crippen molar-refractivity contribution in [1.82, 2.24) is 15.3 Å². The Bertz CT molecular complexity index is 920. The molecule has 4 nitrogen and oxygen atoms in total. The number of aryl methyl sites for hydroxylation is 2. The number of nitrogens with one attached hydrogen (secondary N) is 2. The van der Waals surface area contributed by atoms with Crippen LogP contribution in [0.25, 0.3) is 11.0 Å². The first kappa shape index (κ1) is 16.5. The highest BCUT2D eigenvalue weighted by Crippen LogP contribution is 2.19. The van der Waals surface area contributed by atoms with E-state index < -0.39 is 11.7 Å². The maximum absolute atomic E-state index is 13.7. The standard InChI is InChI=1S/C18H17ClFN3O/c1-10-3-6-15-17(11(10)2)23-16(22-15)7-8-21-18(24)13-5-4-12(19)9-14(13)20/h3-6,9H,7-8H2,1-2H3,(H,21,24)(H,22,23). The monoisotopic (exact) mass is 345 g/mol. The van der Waals surface area contributed by atoms with E-state index in [4.69, 9.17) is 11.6 Å². The highest BCUT2D eigenvalue weighted by molar-refractivity contribution is 6.30. The third kappa shape index (κ3) is 3.26. The lowest BCUT2D eigenvalue weighted by Crippen LogP contribution is -2.26. The summed E-state index contributed by atoms with van der Waals surface area (Å²) in [5.74, 6) is -0.308. The van der Waals surface area contributed by atoms with Gasteiger partial charge < -0.3 is 10.3 Å². The lowest BCUT2D eigenvalue weighted by atomic mass is 10.1. The number of hydrogen-bond acceptors (Lipinski definition) is 2. The first-order valence-electron chi connectivity index (χ1n) is 7.64. The molecule has 0 saturated heterocycles. The Balaban J connectivity index is 1.66. The second-order valence-electron chi connectivity index (χ2n) is 5.72. The summed E-state index contributed by atoms with van der Waals surface area (Å²) < 4.78 is 13.7. The molecular weight excluding hydrogens is 329 g/mol. The highest BCUT2D eigenvalue weighted by Gasteiger charge is 2.12. The lowest BCUT2D eigenvalue weighted by Gasteiger charge is -2.05. The third-order valence-electron chi connectivity index (χ3n) is 4.05. The van der Waals surface area contributed by atoms with Crippen molar-refractivity contribution in [2.45, 2.75) is 20.3 Å². The van der Waals surface area contributed by atoms with Crippen molar-refractivity contribution in [2.24, 2.45) is 0 Å². The molecule has 1 aromatic heterocycles. The summed E-state index contributed by atoms with van der Waals surface area (Å²) in [6, 6.07) is 8.03. The molecule has 1 heterocycles. The molecule has 0 bridgehead atoms. The van der Waals surface area contributed by atoms with E-state index >= 15 is 0 Å². The van der Waals surface area contributed by atoms with Crippen LogP contribution in [0.5, 0.6) is 0 Å². The number of carbonyl (C=O) groups excluding carboxylic acids is 1. The van der Waals surface area contributed by atoms with E-state index in [0.717, 1.165) is 28.5 Å². The number of aromatic nitrogens is 2. The van der Waals surface area contributed by atoms with E-state index in [1.807, 2.05) is 26.0 Å². The average Bonchev–Trinajstić information content (AvgIpc) is 2.94. The van der Waals surface area contributed by atoms with Gasteiger partial charge in [0.15, 0.2) is 0 Å². The van der Waals surface area contributed by atoms with Crippen LogP contribution in [-0.4, -0.2) is 22.4 Å². The molecule has 0 aliphatic rings. The van der Waals surface area contributed by atoms with Gasteiger partial charge in [0.25, 0.3) is 5.91 Å². The number of nitrogens with zero attached hydrogens (tertiary/aromatic N) is 1. The highest BCUT2D eigenvalue weighted by atomic mass is 35.5. The summed E-state index contributed by atoms with van der Waals surface area (Å²) in [5, 5.41) is 2.96. The molecule has 2 aromatic carbocycles. The minimum absolute atomic E-state index is 0.0181. The zero-order valence-corrected chi connectivity index (χ0v) is 14.2. The third-order valence-corrected chi connectivity index (χ3v) is 4.29. The molecule has 3 rings (SSSR count). The molecule has 1 amide bonds. The molecule has 6 heteroatoms. The Morgan fingerprint density at radius 3 is 2.83 bits per heavy atom. The van der Waals surface area contributed by atoms with Gasteiger partial charge in [0.05, 0.1) is 16.6 Å². The van der Waals surface area contributed by atoms with Crippen LogP contribution >= 0.6 is 11.6 Å². The summed E-state index contributed by atoms with van der Waals surface area (Å²) >= 11 is 5.68. The fourth-order valence-electron chi connectivity index (χ4n) is 2.55. The summed E-state index contributed by atoms with van der Waals surface area (Å²) in [6.07, 6.45) is 0.536. The fourth-order valence-corrected chi connectivity index (χ4v) is 2.70. The predicted molar refractivity (Wildman–Crippen MR) is 93.0 cm³/mol. The molecule has 24 heavy (non-hydrogen) atoms. The lowest BCUT2D eigenvalue weighted by molar-refractivity contribution is 0.0950. The minimum Gasteiger partial charge on any atom is -0.351 e. The first-order valence-corrected chi connectivity index (χ1v) is 8.01. The van der Waals surface area contributed by atoms with Crippen molar-refractivity contribution in [3.8, 4) is 0 Å². The van der Waals surface area contributed by atoms with Gasteiger partial charge in [0.2, 0.25) is 0 Å². The molecular formula is C18H17ClFN3O. The number of amides is 1. The molecule has 0 saturated carbocycles. The van der Waals surface area contributed by atoms with Crippen LogP contribution in [0.4, 0.5) is 4.39 Å². The number of fused-ring (bicyclic) bond motifs is 1. The first-order chi connectivity index (χ1) is 11.5. The zero-order valence-electron chi connectivity index (χ0n) is 13.4. The van der Waals surface area contributed by atoms with Gasteiger partial charge in [0, 0.05) is 18.0 Å². The van der Waals surface area contributed by atoms with Crippen molar-refractivity contribution in [1.29, 1.82) is 0 Å². The number of imidazole rings is 1. The number of aromatic amines is 1. The molecule has 0 radical (unpaired) electrons. The second kappa shape index (κ2) is 6.61. The fraction of sp³-hybridized carbons (Fsp3) is 0.222. The van der Waals surface area contributed by atoms with Crippen molar-refractivity contribution in [2.75, 3.05) is 6.54 Å². The van der Waals surface area contributed by atoms with Gasteiger partial charge in [0.1, 0.15) is 11.6 Å². The number of H-pyrrole nitrogens is 1. The van der Waals surface area contributed by atoms with Crippen molar-refractivity contribution in [3.05, 3.63) is 63.7 Å². The predicted octanol–water partition coefficient (Wildman–Crippen LogP) is 3.94. The van der Waals surface area contributed by atoms with Crippen LogP contribution in [0.15, 0.2) is 30.3 Å². The summed E-state index contributed by atoms with van der Waals surface area (Å²) in [5.41, 5.74) is 4.23. The summed E-state index contributed by atoms with van der Waals surface area (Å²) in [6.45, 7) is 4.44. The topological polar surface area (TPSA) is 57.8 Å². The maximum Gasteiger partial charge on any atom is 0.254 e. The van der Waals surface area contributed by atoms with Crippen molar-refractivity contribution < 1.29 is 9.18 Å². The second-order valence-corrected chi connectivity index (χ2v) is 6.15. The normalized spacial score (nSPS) is 11.0. The Hall–Kier alpha value is -2.40. The SMILES string of the molecule is Cc1ccc2[nH]c(CCNC(=O)c3ccc(Cl)cc3F)nc2c1C. The van der Waals surface area contributed by atoms with Gasteiger partial charge in [-0.15, -0.1) is 0 Å². The van der Waals surface area contributed by atoms with Crippen molar-refractivity contribution >= 4 is 28.5 Å². The number of hydrogen-bond donors (Lipinski definition) is 2. The smallest absolute Gasteiger partial charge is 0.254 e. The molecule has 0 aliphatic carbocycles. The number of benzene rings is 2. The Kier molecular flexibility index (Phi) is 4.53. The van der Waals surface area contributed by atoms with Crippen LogP contribution in [0, 0.1) is 19.7 Å². The molecule has 0 spiro atoms. The maximum atomic E-state index is 13.7. The van der Waals surface area contributed by atoms with Crippen LogP contribution < -0.4 is 5.32 Å². The number of rotatable bonds is 4. The summed E-state index contributed by atoms with van der Waals surface area (Å²) in [4.78, 5) is 19.8. The van der Waals surface area contributed by atoms with E-state index in [2.05, 4.69) is 15.3 Å². The van der Waals surface area contributed by atoms with E-state index in [-0.39, 0.29) is 10.6 Å². The van der Waals surface area contributed by atoms with E-state index in [1.165, 1.54) is 17.7 Å². The molecule has 0 unspecified atom stereocenters. The Morgan fingerprint density at radius 2 is 2.08 bits per heavy atom. The van der Waals surface area contributed by atoms with E-state index in [9.17, 15) is 9.18 Å². The van der Waals surface area contributed by atoms with Gasteiger partial charge in [-0.25, -0.2) is 9.37 Å². The molecule has 0 aliphatic heterocycles. The van der Waals surface area contributed by atoms with Crippen LogP contribution in [0.3, 0.4) is 0 Å². The van der Waals surface area contributed by atoms with E-state index in [0.29, 0.717) is 13.0 Å². The molecule has 0 atom stereocenters. The minimum atomic E-state index is -0.630. The van der Waals surface area contributed by atoms with E-state index in [1.54, 1.807) is 0 Å². The van der Waals surface area contributed by atoms with Crippen LogP contribution in [0.2, 0.25) is 5.02 Å². The summed E-state index contributed by atoms with van der Waals surface area (Å²) in [7, 11) is 0. The van der Waals surface area contributed by atoms with Crippen LogP contribution in [-0.2, 0) is 6.42 Å². The van der Waals surface area contributed by atoms with Crippen LogP contribution in [0.1, 0.15) is 27.3 Å². The Morgan fingerprint density at radius 1 is 1.29 bits per heavy atom. The number of carbonyl (C=O) groups is 1. The molecule has 0 fully saturated rings. The van der Waals surface area contributed by atoms with Gasteiger partial charge in [-0.3, -0.25) is 4.79 Å². The zero-order chi connectivity index (χ0) is 17.3.